The first-order chi connectivity index (χ1) is 9.74. The van der Waals surface area contributed by atoms with Crippen molar-refractivity contribution in [3.05, 3.63) is 23.9 Å². The fourth-order valence-corrected chi connectivity index (χ4v) is 4.05. The molecule has 2 aliphatic heterocycles. The predicted octanol–water partition coefficient (Wildman–Crippen LogP) is 2.59. The van der Waals surface area contributed by atoms with Gasteiger partial charge >= 0.3 is 0 Å². The van der Waals surface area contributed by atoms with Crippen LogP contribution in [0.15, 0.2) is 23.4 Å². The van der Waals surface area contributed by atoms with E-state index in [4.69, 9.17) is 4.74 Å². The van der Waals surface area contributed by atoms with Crippen molar-refractivity contribution < 1.29 is 9.53 Å². The van der Waals surface area contributed by atoms with E-state index in [2.05, 4.69) is 9.88 Å². The number of piperidine rings is 1. The first-order valence-electron chi connectivity index (χ1n) is 7.09. The number of ether oxygens (including phenoxy) is 1. The maximum Gasteiger partial charge on any atom is 0.257 e. The second-order valence-electron chi connectivity index (χ2n) is 5.49. The number of fused-ring (bicyclic) bond motifs is 2. The number of amides is 1. The van der Waals surface area contributed by atoms with Crippen LogP contribution in [0.3, 0.4) is 0 Å². The van der Waals surface area contributed by atoms with E-state index in [1.165, 1.54) is 11.8 Å². The van der Waals surface area contributed by atoms with Gasteiger partial charge in [0.05, 0.1) is 11.7 Å². The van der Waals surface area contributed by atoms with Crippen LogP contribution in [0.25, 0.3) is 0 Å². The zero-order valence-electron chi connectivity index (χ0n) is 11.9. The number of thioether (sulfide) groups is 1. The summed E-state index contributed by atoms with van der Waals surface area (Å²) in [7, 11) is 1.77. The maximum absolute atomic E-state index is 12.9. The van der Waals surface area contributed by atoms with E-state index in [0.717, 1.165) is 36.3 Å². The Morgan fingerprint density at radius 2 is 2.10 bits per heavy atom. The summed E-state index contributed by atoms with van der Waals surface area (Å²) in [6, 6.07) is 4.40. The van der Waals surface area contributed by atoms with E-state index in [1.807, 2.05) is 18.4 Å². The highest BCUT2D eigenvalue weighted by Crippen LogP contribution is 2.38. The number of hydrogen-bond donors (Lipinski definition) is 0. The Bertz CT molecular complexity index is 494. The third kappa shape index (κ3) is 2.33. The molecule has 0 saturated carbocycles. The Hall–Kier alpha value is -1.07. The third-order valence-corrected chi connectivity index (χ3v) is 5.16. The molecule has 1 aromatic rings. The molecular formula is C15H20N2O2S. The van der Waals surface area contributed by atoms with Crippen molar-refractivity contribution in [2.45, 2.75) is 48.9 Å². The molecule has 3 heterocycles. The van der Waals surface area contributed by atoms with Crippen molar-refractivity contribution >= 4 is 17.7 Å². The van der Waals surface area contributed by atoms with E-state index < -0.39 is 0 Å². The molecule has 5 heteroatoms. The zero-order chi connectivity index (χ0) is 14.1. The molecule has 108 valence electrons. The van der Waals surface area contributed by atoms with Crippen molar-refractivity contribution in [1.82, 2.24) is 9.88 Å². The minimum Gasteiger partial charge on any atom is -0.381 e. The molecule has 2 bridgehead atoms. The minimum atomic E-state index is 0.143. The lowest BCUT2D eigenvalue weighted by atomic mass is 9.99. The van der Waals surface area contributed by atoms with Gasteiger partial charge in [0.25, 0.3) is 5.91 Å². The van der Waals surface area contributed by atoms with E-state index in [0.29, 0.717) is 18.2 Å². The number of rotatable bonds is 3. The van der Waals surface area contributed by atoms with Crippen LogP contribution in [-0.2, 0) is 4.74 Å². The first-order valence-corrected chi connectivity index (χ1v) is 8.31. The topological polar surface area (TPSA) is 42.4 Å². The van der Waals surface area contributed by atoms with Crippen LogP contribution < -0.4 is 0 Å². The van der Waals surface area contributed by atoms with Crippen LogP contribution >= 0.6 is 11.8 Å². The monoisotopic (exact) mass is 292 g/mol. The number of aromatic nitrogens is 1. The lowest BCUT2D eigenvalue weighted by Gasteiger charge is -2.38. The molecule has 0 N–H and O–H groups in total. The van der Waals surface area contributed by atoms with Crippen LogP contribution in [0.4, 0.5) is 0 Å². The lowest BCUT2D eigenvalue weighted by Crippen LogP contribution is -2.48. The zero-order valence-corrected chi connectivity index (χ0v) is 12.7. The average molecular weight is 292 g/mol. The van der Waals surface area contributed by atoms with E-state index in [1.54, 1.807) is 13.3 Å². The van der Waals surface area contributed by atoms with Gasteiger partial charge in [0.15, 0.2) is 0 Å². The second-order valence-corrected chi connectivity index (χ2v) is 6.28. The summed E-state index contributed by atoms with van der Waals surface area (Å²) < 4.78 is 5.50. The normalized spacial score (nSPS) is 28.7. The van der Waals surface area contributed by atoms with Gasteiger partial charge < -0.3 is 9.64 Å². The summed E-state index contributed by atoms with van der Waals surface area (Å²) in [5.41, 5.74) is 0.743. The minimum absolute atomic E-state index is 0.143. The van der Waals surface area contributed by atoms with Gasteiger partial charge in [-0.05, 0) is 44.1 Å². The summed E-state index contributed by atoms with van der Waals surface area (Å²) in [5.74, 6) is 0.143. The molecule has 2 unspecified atom stereocenters. The molecule has 2 saturated heterocycles. The molecule has 2 fully saturated rings. The summed E-state index contributed by atoms with van der Waals surface area (Å²) in [6.07, 6.45) is 8.15. The maximum atomic E-state index is 12.9. The SMILES string of the molecule is COC1CC2CCC(C1)N2C(=O)c1cccnc1SC. The third-order valence-electron chi connectivity index (χ3n) is 4.45. The molecule has 1 amide bonds. The molecule has 20 heavy (non-hydrogen) atoms. The summed E-state index contributed by atoms with van der Waals surface area (Å²) >= 11 is 1.53. The molecule has 0 spiro atoms. The fourth-order valence-electron chi connectivity index (χ4n) is 3.51. The number of pyridine rings is 1. The van der Waals surface area contributed by atoms with Gasteiger partial charge in [-0.3, -0.25) is 4.79 Å². The van der Waals surface area contributed by atoms with Crippen molar-refractivity contribution in [3.8, 4) is 0 Å². The van der Waals surface area contributed by atoms with Crippen molar-refractivity contribution in [2.24, 2.45) is 0 Å². The Morgan fingerprint density at radius 3 is 2.70 bits per heavy atom. The van der Waals surface area contributed by atoms with Gasteiger partial charge in [0.2, 0.25) is 0 Å². The van der Waals surface area contributed by atoms with Crippen LogP contribution in [0, 0.1) is 0 Å². The number of carbonyl (C=O) groups excluding carboxylic acids is 1. The number of carbonyl (C=O) groups is 1. The summed E-state index contributed by atoms with van der Waals surface area (Å²) in [4.78, 5) is 19.3. The van der Waals surface area contributed by atoms with Gasteiger partial charge in [0.1, 0.15) is 5.03 Å². The van der Waals surface area contributed by atoms with Gasteiger partial charge in [-0.15, -0.1) is 11.8 Å². The van der Waals surface area contributed by atoms with Gasteiger partial charge in [-0.2, -0.15) is 0 Å². The predicted molar refractivity (Wildman–Crippen MR) is 79.0 cm³/mol. The first kappa shape index (κ1) is 13.9. The van der Waals surface area contributed by atoms with Gasteiger partial charge in [0, 0.05) is 25.4 Å². The van der Waals surface area contributed by atoms with Crippen LogP contribution in [-0.4, -0.2) is 47.3 Å². The Morgan fingerprint density at radius 1 is 1.40 bits per heavy atom. The molecule has 0 aromatic carbocycles. The Labute approximate surface area is 123 Å². The molecule has 1 aromatic heterocycles. The molecule has 0 aliphatic carbocycles. The molecule has 2 aliphatic rings. The number of methoxy groups -OCH3 is 1. The lowest BCUT2D eigenvalue weighted by molar-refractivity contribution is 0.00802. The summed E-state index contributed by atoms with van der Waals surface area (Å²) in [6.45, 7) is 0. The van der Waals surface area contributed by atoms with Crippen LogP contribution in [0.2, 0.25) is 0 Å². The Kier molecular flexibility index (Phi) is 3.98. The van der Waals surface area contributed by atoms with Gasteiger partial charge in [-0.1, -0.05) is 0 Å². The van der Waals surface area contributed by atoms with Crippen molar-refractivity contribution in [2.75, 3.05) is 13.4 Å². The highest BCUT2D eigenvalue weighted by Gasteiger charge is 2.43. The quantitative estimate of drug-likeness (QED) is 0.803. The molecule has 0 radical (unpaired) electrons. The summed E-state index contributed by atoms with van der Waals surface area (Å²) in [5, 5.41) is 0.825. The molecule has 3 rings (SSSR count). The highest BCUT2D eigenvalue weighted by molar-refractivity contribution is 7.98. The molecule has 4 nitrogen and oxygen atoms in total. The Balaban J connectivity index is 1.85. The number of nitrogens with zero attached hydrogens (tertiary/aromatic N) is 2. The largest absolute Gasteiger partial charge is 0.381 e. The number of hydrogen-bond acceptors (Lipinski definition) is 4. The second kappa shape index (κ2) is 5.74. The fraction of sp³-hybridized carbons (Fsp3) is 0.600. The standard InChI is InChI=1S/C15H20N2O2S/c1-19-12-8-10-5-6-11(9-12)17(10)15(18)13-4-3-7-16-14(13)20-2/h3-4,7,10-12H,5-6,8-9H2,1-2H3. The smallest absolute Gasteiger partial charge is 0.257 e. The highest BCUT2D eigenvalue weighted by atomic mass is 32.2. The van der Waals surface area contributed by atoms with Crippen molar-refractivity contribution in [1.29, 1.82) is 0 Å². The van der Waals surface area contributed by atoms with Crippen LogP contribution in [0.5, 0.6) is 0 Å². The van der Waals surface area contributed by atoms with E-state index >= 15 is 0 Å². The van der Waals surface area contributed by atoms with Gasteiger partial charge in [-0.25, -0.2) is 4.98 Å². The van der Waals surface area contributed by atoms with Crippen LogP contribution in [0.1, 0.15) is 36.0 Å². The average Bonchev–Trinajstić information content (AvgIpc) is 2.76. The van der Waals surface area contributed by atoms with Crippen molar-refractivity contribution in [3.63, 3.8) is 0 Å². The molecule has 2 atom stereocenters. The van der Waals surface area contributed by atoms with E-state index in [9.17, 15) is 4.79 Å². The van der Waals surface area contributed by atoms with E-state index in [-0.39, 0.29) is 5.91 Å². The molecular weight excluding hydrogens is 272 g/mol.